The SMILES string of the molecule is CC/C=C\C/C=C\C/C=C\C/C=C\C/C=C\C/C=C\CCC(=O)OC(/C=C\CCCCCCCC)CCCCCCC(=O)NCC(=O)NC(CO)C(=O)O. The molecule has 2 atom stereocenters. The van der Waals surface area contributed by atoms with Crippen LogP contribution in [0.1, 0.15) is 149 Å². The van der Waals surface area contributed by atoms with Gasteiger partial charge in [0.15, 0.2) is 0 Å². The van der Waals surface area contributed by atoms with Crippen LogP contribution >= 0.6 is 0 Å². The summed E-state index contributed by atoms with van der Waals surface area (Å²) in [5, 5.41) is 22.5. The number of aliphatic hydroxyl groups is 1. The molecule has 0 fully saturated rings. The number of ether oxygens (including phenoxy) is 1. The van der Waals surface area contributed by atoms with Gasteiger partial charge in [0.25, 0.3) is 0 Å². The minimum Gasteiger partial charge on any atom is -0.480 e. The number of nitrogens with one attached hydrogen (secondary N) is 2. The fourth-order valence-corrected chi connectivity index (χ4v) is 5.24. The Morgan fingerprint density at radius 1 is 0.593 bits per heavy atom. The average molecular weight is 753 g/mol. The fourth-order valence-electron chi connectivity index (χ4n) is 5.24. The normalized spacial score (nSPS) is 13.4. The summed E-state index contributed by atoms with van der Waals surface area (Å²) in [6.07, 6.45) is 49.2. The van der Waals surface area contributed by atoms with Gasteiger partial charge in [-0.05, 0) is 83.1 Å². The number of rotatable bonds is 35. The number of carbonyl (C=O) groups is 4. The molecular formula is C45H72N2O7. The van der Waals surface area contributed by atoms with Crippen LogP contribution in [0, 0.1) is 0 Å². The van der Waals surface area contributed by atoms with Gasteiger partial charge in [0.2, 0.25) is 11.8 Å². The van der Waals surface area contributed by atoms with Crippen LogP contribution < -0.4 is 10.6 Å². The van der Waals surface area contributed by atoms with Gasteiger partial charge in [0.05, 0.1) is 13.2 Å². The number of aliphatic hydroxyl groups excluding tert-OH is 1. The third-order valence-electron chi connectivity index (χ3n) is 8.37. The van der Waals surface area contributed by atoms with Crippen molar-refractivity contribution in [2.24, 2.45) is 0 Å². The Hall–Kier alpha value is -3.98. The van der Waals surface area contributed by atoms with Crippen molar-refractivity contribution in [2.45, 2.75) is 161 Å². The maximum Gasteiger partial charge on any atom is 0.328 e. The number of hydrogen-bond acceptors (Lipinski definition) is 6. The third-order valence-corrected chi connectivity index (χ3v) is 8.37. The molecule has 4 N–H and O–H groups in total. The van der Waals surface area contributed by atoms with E-state index in [2.05, 4.69) is 97.4 Å². The molecule has 0 aromatic heterocycles. The number of carboxylic acid groups (broad SMARTS) is 1. The Bertz CT molecular complexity index is 1180. The van der Waals surface area contributed by atoms with Crippen LogP contribution in [-0.2, 0) is 23.9 Å². The highest BCUT2D eigenvalue weighted by molar-refractivity contribution is 5.87. The van der Waals surface area contributed by atoms with Crippen LogP contribution in [0.5, 0.6) is 0 Å². The number of amides is 2. The Balaban J connectivity index is 4.42. The van der Waals surface area contributed by atoms with Gasteiger partial charge in [-0.25, -0.2) is 4.79 Å². The summed E-state index contributed by atoms with van der Waals surface area (Å²) in [5.41, 5.74) is 0. The molecule has 0 radical (unpaired) electrons. The Kier molecular flexibility index (Phi) is 35.9. The second-order valence-corrected chi connectivity index (χ2v) is 13.3. The molecular weight excluding hydrogens is 681 g/mol. The van der Waals surface area contributed by atoms with E-state index in [0.29, 0.717) is 19.3 Å². The molecule has 0 aliphatic heterocycles. The zero-order chi connectivity index (χ0) is 39.7. The summed E-state index contributed by atoms with van der Waals surface area (Å²) < 4.78 is 5.85. The maximum absolute atomic E-state index is 12.7. The highest BCUT2D eigenvalue weighted by Gasteiger charge is 2.18. The minimum atomic E-state index is -1.40. The second-order valence-electron chi connectivity index (χ2n) is 13.3. The van der Waals surface area contributed by atoms with E-state index < -0.39 is 24.5 Å². The van der Waals surface area contributed by atoms with E-state index in [1.165, 1.54) is 32.1 Å². The van der Waals surface area contributed by atoms with Gasteiger partial charge in [0, 0.05) is 12.8 Å². The van der Waals surface area contributed by atoms with Crippen molar-refractivity contribution in [1.82, 2.24) is 10.6 Å². The Morgan fingerprint density at radius 2 is 1.13 bits per heavy atom. The molecule has 0 bridgehead atoms. The van der Waals surface area contributed by atoms with Gasteiger partial charge < -0.3 is 25.6 Å². The van der Waals surface area contributed by atoms with Crippen molar-refractivity contribution in [2.75, 3.05) is 13.2 Å². The summed E-state index contributed by atoms with van der Waals surface area (Å²) in [4.78, 5) is 47.4. The van der Waals surface area contributed by atoms with Crippen LogP contribution in [0.2, 0.25) is 0 Å². The van der Waals surface area contributed by atoms with Gasteiger partial charge in [-0.1, -0.05) is 138 Å². The van der Waals surface area contributed by atoms with E-state index in [0.717, 1.165) is 77.0 Å². The van der Waals surface area contributed by atoms with Gasteiger partial charge in [-0.2, -0.15) is 0 Å². The lowest BCUT2D eigenvalue weighted by Gasteiger charge is -2.14. The molecule has 0 aromatic rings. The predicted molar refractivity (Wildman–Crippen MR) is 222 cm³/mol. The van der Waals surface area contributed by atoms with Crippen LogP contribution in [0.25, 0.3) is 0 Å². The number of esters is 1. The molecule has 9 nitrogen and oxygen atoms in total. The standard InChI is InChI=1S/C45H72N2O7/c1-3-5-7-9-11-13-14-15-16-17-18-19-20-21-22-23-25-27-33-37-44(51)54-40(34-30-26-24-12-10-8-6-4-2)35-31-28-29-32-36-42(49)46-38-43(50)47-41(39-48)45(52)53/h5,7,11,13,15-16,18-19,21-22,25,27,30,34,40-41,48H,3-4,6,8-10,12,14,17,20,23-24,26,28-29,31-33,35-39H2,1-2H3,(H,46,49)(H,47,50)(H,52,53)/b7-5-,13-11-,16-15-,19-18-,22-21-,27-25-,34-30-. The molecule has 304 valence electrons. The molecule has 0 saturated heterocycles. The summed E-state index contributed by atoms with van der Waals surface area (Å²) in [6, 6.07) is -1.40. The number of carbonyl (C=O) groups excluding carboxylic acids is 3. The first-order valence-corrected chi connectivity index (χ1v) is 20.5. The molecule has 0 aliphatic carbocycles. The Labute approximate surface area is 326 Å². The highest BCUT2D eigenvalue weighted by atomic mass is 16.5. The third kappa shape index (κ3) is 35.1. The number of hydrogen-bond donors (Lipinski definition) is 4. The number of aliphatic carboxylic acids is 1. The number of carboxylic acids is 1. The van der Waals surface area contributed by atoms with E-state index >= 15 is 0 Å². The lowest BCUT2D eigenvalue weighted by Crippen LogP contribution is -2.47. The van der Waals surface area contributed by atoms with Crippen molar-refractivity contribution in [3.63, 3.8) is 0 Å². The van der Waals surface area contributed by atoms with Crippen molar-refractivity contribution >= 4 is 23.8 Å². The topological polar surface area (TPSA) is 142 Å². The van der Waals surface area contributed by atoms with E-state index in [1.54, 1.807) is 0 Å². The molecule has 54 heavy (non-hydrogen) atoms. The number of allylic oxidation sites excluding steroid dienone is 13. The van der Waals surface area contributed by atoms with E-state index in [9.17, 15) is 19.2 Å². The summed E-state index contributed by atoms with van der Waals surface area (Å²) in [6.45, 7) is 3.29. The highest BCUT2D eigenvalue weighted by Crippen LogP contribution is 2.14. The Morgan fingerprint density at radius 3 is 1.70 bits per heavy atom. The minimum absolute atomic E-state index is 0.196. The van der Waals surface area contributed by atoms with Crippen LogP contribution in [-0.4, -0.2) is 59.3 Å². The van der Waals surface area contributed by atoms with Crippen molar-refractivity contribution in [3.8, 4) is 0 Å². The second kappa shape index (κ2) is 38.7. The van der Waals surface area contributed by atoms with Crippen molar-refractivity contribution < 1.29 is 34.1 Å². The van der Waals surface area contributed by atoms with E-state index in [-0.39, 0.29) is 30.9 Å². The fraction of sp³-hybridized carbons (Fsp3) is 0.600. The first-order chi connectivity index (χ1) is 26.3. The molecule has 0 spiro atoms. The van der Waals surface area contributed by atoms with Crippen molar-refractivity contribution in [3.05, 3.63) is 85.1 Å². The van der Waals surface area contributed by atoms with Gasteiger partial charge >= 0.3 is 11.9 Å². The monoisotopic (exact) mass is 753 g/mol. The van der Waals surface area contributed by atoms with Gasteiger partial charge in [-0.15, -0.1) is 0 Å². The zero-order valence-corrected chi connectivity index (χ0v) is 33.4. The molecule has 0 rings (SSSR count). The lowest BCUT2D eigenvalue weighted by molar-refractivity contribution is -0.147. The molecule has 0 aromatic carbocycles. The van der Waals surface area contributed by atoms with Crippen LogP contribution in [0.3, 0.4) is 0 Å². The van der Waals surface area contributed by atoms with Gasteiger partial charge in [0.1, 0.15) is 12.1 Å². The smallest absolute Gasteiger partial charge is 0.328 e. The quantitative estimate of drug-likeness (QED) is 0.0287. The van der Waals surface area contributed by atoms with E-state index in [4.69, 9.17) is 14.9 Å². The molecule has 2 amide bonds. The molecule has 0 heterocycles. The van der Waals surface area contributed by atoms with Crippen LogP contribution in [0.4, 0.5) is 0 Å². The van der Waals surface area contributed by atoms with Crippen molar-refractivity contribution in [1.29, 1.82) is 0 Å². The predicted octanol–water partition coefficient (Wildman–Crippen LogP) is 9.70. The van der Waals surface area contributed by atoms with E-state index in [1.807, 2.05) is 12.2 Å². The van der Waals surface area contributed by atoms with Crippen LogP contribution in [0.15, 0.2) is 85.1 Å². The summed E-state index contributed by atoms with van der Waals surface area (Å²) >= 11 is 0. The maximum atomic E-state index is 12.7. The largest absolute Gasteiger partial charge is 0.480 e. The number of unbranched alkanes of at least 4 members (excludes halogenated alkanes) is 9. The first kappa shape index (κ1) is 50.0. The average Bonchev–Trinajstić information content (AvgIpc) is 3.15. The summed E-state index contributed by atoms with van der Waals surface area (Å²) in [5.74, 6) is -2.51. The summed E-state index contributed by atoms with van der Waals surface area (Å²) in [7, 11) is 0. The first-order valence-electron chi connectivity index (χ1n) is 20.5. The molecule has 0 aliphatic rings. The molecule has 2 unspecified atom stereocenters. The molecule has 9 heteroatoms. The zero-order valence-electron chi connectivity index (χ0n) is 33.4. The lowest BCUT2D eigenvalue weighted by atomic mass is 10.1. The molecule has 0 saturated carbocycles. The van der Waals surface area contributed by atoms with Gasteiger partial charge in [-0.3, -0.25) is 14.4 Å².